The van der Waals surface area contributed by atoms with Crippen LogP contribution in [0, 0.1) is 0 Å². The van der Waals surface area contributed by atoms with E-state index in [-0.39, 0.29) is 30.4 Å². The van der Waals surface area contributed by atoms with Gasteiger partial charge in [0.2, 0.25) is 11.8 Å². The van der Waals surface area contributed by atoms with Crippen molar-refractivity contribution >= 4 is 39.6 Å². The van der Waals surface area contributed by atoms with E-state index in [1.165, 1.54) is 11.3 Å². The first kappa shape index (κ1) is 18.0. The molecular weight excluding hydrogens is 358 g/mol. The summed E-state index contributed by atoms with van der Waals surface area (Å²) >= 11 is 2.90. The van der Waals surface area contributed by atoms with Gasteiger partial charge in [-0.15, -0.1) is 22.7 Å². The van der Waals surface area contributed by atoms with Gasteiger partial charge in [-0.2, -0.15) is 0 Å². The Morgan fingerprint density at radius 1 is 1.28 bits per heavy atom. The molecule has 25 heavy (non-hydrogen) atoms. The fourth-order valence-corrected chi connectivity index (χ4v) is 4.26. The number of hydrogen-bond donors (Lipinski definition) is 1. The zero-order chi connectivity index (χ0) is 17.8. The van der Waals surface area contributed by atoms with E-state index < -0.39 is 0 Å². The summed E-state index contributed by atoms with van der Waals surface area (Å²) in [5.41, 5.74) is 0.688. The fourth-order valence-electron chi connectivity index (χ4n) is 2.83. The van der Waals surface area contributed by atoms with E-state index in [2.05, 4.69) is 10.3 Å². The van der Waals surface area contributed by atoms with Gasteiger partial charge in [0.1, 0.15) is 0 Å². The molecule has 0 saturated carbocycles. The number of carbonyl (C=O) groups excluding carboxylic acids is 2. The quantitative estimate of drug-likeness (QED) is 0.867. The average Bonchev–Trinajstić information content (AvgIpc) is 3.18. The average molecular weight is 380 g/mol. The highest BCUT2D eigenvalue weighted by atomic mass is 32.1. The van der Waals surface area contributed by atoms with E-state index in [1.54, 1.807) is 11.3 Å². The lowest BCUT2D eigenvalue weighted by atomic mass is 10.2. The van der Waals surface area contributed by atoms with Gasteiger partial charge in [-0.05, 0) is 25.3 Å². The van der Waals surface area contributed by atoms with Crippen LogP contribution < -0.4 is 5.32 Å². The summed E-state index contributed by atoms with van der Waals surface area (Å²) in [6.45, 7) is 5.16. The molecule has 2 aromatic heterocycles. The molecular formula is C17H21N3O3S2. The highest BCUT2D eigenvalue weighted by molar-refractivity contribution is 7.14. The third-order valence-electron chi connectivity index (χ3n) is 3.82. The standard InChI is InChI=1S/C17H21N3O3S2/c1-11-8-20(9-12(2)23-11)16(22)6-13-10-25-17(18-13)19-15(21)7-14-4-3-5-24-14/h3-5,10-12H,6-9H2,1-2H3,(H,18,19,21). The van der Waals surface area contributed by atoms with E-state index in [9.17, 15) is 9.59 Å². The van der Waals surface area contributed by atoms with Gasteiger partial charge in [0.15, 0.2) is 5.13 Å². The lowest BCUT2D eigenvalue weighted by Crippen LogP contribution is -2.48. The Morgan fingerprint density at radius 3 is 2.72 bits per heavy atom. The van der Waals surface area contributed by atoms with Crippen molar-refractivity contribution < 1.29 is 14.3 Å². The van der Waals surface area contributed by atoms with Crippen molar-refractivity contribution in [2.24, 2.45) is 0 Å². The maximum absolute atomic E-state index is 12.5. The second-order valence-electron chi connectivity index (χ2n) is 6.18. The Balaban J connectivity index is 1.52. The molecule has 1 aliphatic rings. The molecule has 0 radical (unpaired) electrons. The minimum absolute atomic E-state index is 0.0452. The van der Waals surface area contributed by atoms with Crippen molar-refractivity contribution in [1.29, 1.82) is 0 Å². The van der Waals surface area contributed by atoms with Gasteiger partial charge in [-0.25, -0.2) is 4.98 Å². The lowest BCUT2D eigenvalue weighted by molar-refractivity contribution is -0.142. The molecule has 3 rings (SSSR count). The van der Waals surface area contributed by atoms with E-state index in [0.29, 0.717) is 30.3 Å². The number of rotatable bonds is 5. The molecule has 2 atom stereocenters. The highest BCUT2D eigenvalue weighted by Gasteiger charge is 2.26. The molecule has 2 aromatic rings. The Labute approximate surface area is 154 Å². The van der Waals surface area contributed by atoms with Gasteiger partial charge in [-0.1, -0.05) is 6.07 Å². The Bertz CT molecular complexity index is 719. The number of anilines is 1. The number of morpholine rings is 1. The monoisotopic (exact) mass is 379 g/mol. The van der Waals surface area contributed by atoms with Gasteiger partial charge >= 0.3 is 0 Å². The van der Waals surface area contributed by atoms with Crippen LogP contribution in [0.1, 0.15) is 24.4 Å². The maximum Gasteiger partial charge on any atom is 0.231 e. The largest absolute Gasteiger partial charge is 0.372 e. The number of nitrogens with one attached hydrogen (secondary N) is 1. The molecule has 1 N–H and O–H groups in total. The van der Waals surface area contributed by atoms with Crippen LogP contribution in [-0.2, 0) is 27.2 Å². The molecule has 6 nitrogen and oxygen atoms in total. The zero-order valence-electron chi connectivity index (χ0n) is 14.2. The summed E-state index contributed by atoms with van der Waals surface area (Å²) in [6, 6.07) is 3.86. The molecule has 2 unspecified atom stereocenters. The van der Waals surface area contributed by atoms with Gasteiger partial charge in [0, 0.05) is 23.3 Å². The van der Waals surface area contributed by atoms with Crippen LogP contribution in [0.25, 0.3) is 0 Å². The molecule has 0 bridgehead atoms. The number of hydrogen-bond acceptors (Lipinski definition) is 6. The van der Waals surface area contributed by atoms with Crippen molar-refractivity contribution in [2.45, 2.75) is 38.9 Å². The first-order chi connectivity index (χ1) is 12.0. The molecule has 0 aromatic carbocycles. The fraction of sp³-hybridized carbons (Fsp3) is 0.471. The van der Waals surface area contributed by atoms with Crippen LogP contribution in [0.4, 0.5) is 5.13 Å². The maximum atomic E-state index is 12.5. The number of carbonyl (C=O) groups is 2. The number of nitrogens with zero attached hydrogens (tertiary/aromatic N) is 2. The molecule has 1 saturated heterocycles. The third kappa shape index (κ3) is 5.10. The van der Waals surface area contributed by atoms with Crippen LogP contribution in [0.5, 0.6) is 0 Å². The van der Waals surface area contributed by atoms with Gasteiger partial charge < -0.3 is 15.0 Å². The van der Waals surface area contributed by atoms with Crippen molar-refractivity contribution in [3.05, 3.63) is 33.5 Å². The summed E-state index contributed by atoms with van der Waals surface area (Å²) in [6.07, 6.45) is 0.691. The molecule has 0 spiro atoms. The van der Waals surface area contributed by atoms with Crippen LogP contribution in [0.15, 0.2) is 22.9 Å². The summed E-state index contributed by atoms with van der Waals surface area (Å²) < 4.78 is 5.65. The lowest BCUT2D eigenvalue weighted by Gasteiger charge is -2.35. The van der Waals surface area contributed by atoms with Gasteiger partial charge in [0.05, 0.1) is 30.7 Å². The molecule has 3 heterocycles. The van der Waals surface area contributed by atoms with Crippen LogP contribution >= 0.6 is 22.7 Å². The molecule has 1 fully saturated rings. The van der Waals surface area contributed by atoms with E-state index in [1.807, 2.05) is 41.6 Å². The third-order valence-corrected chi connectivity index (χ3v) is 5.50. The van der Waals surface area contributed by atoms with Crippen molar-refractivity contribution in [3.63, 3.8) is 0 Å². The second kappa shape index (κ2) is 8.07. The number of ether oxygens (including phenoxy) is 1. The Hall–Kier alpha value is -1.77. The van der Waals surface area contributed by atoms with Crippen molar-refractivity contribution in [3.8, 4) is 0 Å². The predicted molar refractivity (Wildman–Crippen MR) is 99.1 cm³/mol. The van der Waals surface area contributed by atoms with Gasteiger partial charge in [-0.3, -0.25) is 9.59 Å². The zero-order valence-corrected chi connectivity index (χ0v) is 15.9. The summed E-state index contributed by atoms with van der Waals surface area (Å²) in [5, 5.41) is 7.11. The molecule has 2 amide bonds. The smallest absolute Gasteiger partial charge is 0.231 e. The summed E-state index contributed by atoms with van der Waals surface area (Å²) in [7, 11) is 0. The minimum Gasteiger partial charge on any atom is -0.372 e. The van der Waals surface area contributed by atoms with Crippen molar-refractivity contribution in [2.75, 3.05) is 18.4 Å². The highest BCUT2D eigenvalue weighted by Crippen LogP contribution is 2.19. The number of amides is 2. The minimum atomic E-state index is -0.0921. The normalized spacial score (nSPS) is 20.5. The van der Waals surface area contributed by atoms with Crippen molar-refractivity contribution in [1.82, 2.24) is 9.88 Å². The first-order valence-corrected chi connectivity index (χ1v) is 9.95. The Morgan fingerprint density at radius 2 is 2.04 bits per heavy atom. The number of thiophene rings is 1. The van der Waals surface area contributed by atoms with Crippen LogP contribution in [0.3, 0.4) is 0 Å². The van der Waals surface area contributed by atoms with Crippen LogP contribution in [0.2, 0.25) is 0 Å². The predicted octanol–water partition coefficient (Wildman–Crippen LogP) is 2.56. The van der Waals surface area contributed by atoms with Gasteiger partial charge in [0.25, 0.3) is 0 Å². The van der Waals surface area contributed by atoms with E-state index in [4.69, 9.17) is 4.74 Å². The van der Waals surface area contributed by atoms with Crippen LogP contribution in [-0.4, -0.2) is 47.0 Å². The SMILES string of the molecule is CC1CN(C(=O)Cc2csc(NC(=O)Cc3cccs3)n2)CC(C)O1. The molecule has 0 aliphatic carbocycles. The Kier molecular flexibility index (Phi) is 5.82. The second-order valence-corrected chi connectivity index (χ2v) is 8.07. The summed E-state index contributed by atoms with van der Waals surface area (Å²) in [5.74, 6) is -0.0470. The number of thiazole rings is 1. The van der Waals surface area contributed by atoms with E-state index >= 15 is 0 Å². The first-order valence-electron chi connectivity index (χ1n) is 8.19. The number of aromatic nitrogens is 1. The molecule has 8 heteroatoms. The topological polar surface area (TPSA) is 71.5 Å². The van der Waals surface area contributed by atoms with E-state index in [0.717, 1.165) is 4.88 Å². The summed E-state index contributed by atoms with van der Waals surface area (Å²) in [4.78, 5) is 31.7. The molecule has 134 valence electrons. The molecule has 1 aliphatic heterocycles.